The van der Waals surface area contributed by atoms with Gasteiger partial charge in [-0.2, -0.15) is 0 Å². The number of carbonyl (C=O) groups is 1. The Balaban J connectivity index is 2.58. The summed E-state index contributed by atoms with van der Waals surface area (Å²) >= 11 is 0. The highest BCUT2D eigenvalue weighted by molar-refractivity contribution is 5.93. The van der Waals surface area contributed by atoms with Gasteiger partial charge in [-0.3, -0.25) is 9.78 Å². The number of nitrogens with zero attached hydrogens (tertiary/aromatic N) is 1. The van der Waals surface area contributed by atoms with Gasteiger partial charge in [-0.25, -0.2) is 0 Å². The first kappa shape index (κ1) is 11.6. The van der Waals surface area contributed by atoms with Crippen LogP contribution in [0.1, 0.15) is 16.1 Å². The molecule has 1 amide bonds. The summed E-state index contributed by atoms with van der Waals surface area (Å²) < 4.78 is 9.63. The number of ether oxygens (including phenoxy) is 2. The van der Waals surface area contributed by atoms with E-state index < -0.39 is 0 Å². The molecule has 0 aliphatic heterocycles. The SMILES string of the molecule is COCNC(=O)c1ccc(COC)nc1. The van der Waals surface area contributed by atoms with Crippen molar-refractivity contribution in [1.82, 2.24) is 10.3 Å². The molecule has 0 spiro atoms. The van der Waals surface area contributed by atoms with Gasteiger partial charge in [0.15, 0.2) is 0 Å². The molecule has 0 bridgehead atoms. The predicted molar refractivity (Wildman–Crippen MR) is 54.3 cm³/mol. The number of aromatic nitrogens is 1. The lowest BCUT2D eigenvalue weighted by molar-refractivity contribution is 0.0871. The van der Waals surface area contributed by atoms with E-state index in [2.05, 4.69) is 10.3 Å². The van der Waals surface area contributed by atoms with E-state index in [0.717, 1.165) is 5.69 Å². The van der Waals surface area contributed by atoms with Crippen LogP contribution in [0.5, 0.6) is 0 Å². The van der Waals surface area contributed by atoms with Crippen LogP contribution >= 0.6 is 0 Å². The van der Waals surface area contributed by atoms with E-state index >= 15 is 0 Å². The van der Waals surface area contributed by atoms with Gasteiger partial charge < -0.3 is 14.8 Å². The molecule has 1 rings (SSSR count). The fourth-order valence-corrected chi connectivity index (χ4v) is 1.03. The molecule has 0 saturated heterocycles. The van der Waals surface area contributed by atoms with E-state index in [9.17, 15) is 4.79 Å². The Labute approximate surface area is 88.4 Å². The number of hydrogen-bond acceptors (Lipinski definition) is 4. The Kier molecular flexibility index (Phi) is 4.73. The molecule has 1 heterocycles. The van der Waals surface area contributed by atoms with Crippen molar-refractivity contribution in [2.45, 2.75) is 6.61 Å². The van der Waals surface area contributed by atoms with Gasteiger partial charge in [-0.05, 0) is 12.1 Å². The van der Waals surface area contributed by atoms with E-state index in [1.807, 2.05) is 0 Å². The van der Waals surface area contributed by atoms with Gasteiger partial charge in [0, 0.05) is 20.4 Å². The lowest BCUT2D eigenvalue weighted by Gasteiger charge is -2.04. The first-order valence-corrected chi connectivity index (χ1v) is 4.49. The summed E-state index contributed by atoms with van der Waals surface area (Å²) in [5.41, 5.74) is 1.30. The lowest BCUT2D eigenvalue weighted by atomic mass is 10.2. The fraction of sp³-hybridized carbons (Fsp3) is 0.400. The minimum atomic E-state index is -0.201. The van der Waals surface area contributed by atoms with Crippen molar-refractivity contribution in [3.05, 3.63) is 29.6 Å². The molecule has 15 heavy (non-hydrogen) atoms. The van der Waals surface area contributed by atoms with Crippen LogP contribution in [0.15, 0.2) is 18.3 Å². The van der Waals surface area contributed by atoms with Crippen LogP contribution in [0.3, 0.4) is 0 Å². The molecule has 1 N–H and O–H groups in total. The number of methoxy groups -OCH3 is 2. The van der Waals surface area contributed by atoms with Gasteiger partial charge in [-0.1, -0.05) is 0 Å². The zero-order chi connectivity index (χ0) is 11.1. The number of hydrogen-bond donors (Lipinski definition) is 1. The van der Waals surface area contributed by atoms with Crippen LogP contribution < -0.4 is 5.32 Å². The highest BCUT2D eigenvalue weighted by Crippen LogP contribution is 2.01. The third kappa shape index (κ3) is 3.65. The lowest BCUT2D eigenvalue weighted by Crippen LogP contribution is -2.25. The molecular weight excluding hydrogens is 196 g/mol. The Bertz CT molecular complexity index is 311. The molecule has 0 radical (unpaired) electrons. The summed E-state index contributed by atoms with van der Waals surface area (Å²) in [4.78, 5) is 15.5. The predicted octanol–water partition coefficient (Wildman–Crippen LogP) is 0.562. The molecule has 0 atom stereocenters. The molecule has 1 aromatic rings. The summed E-state index contributed by atoms with van der Waals surface area (Å²) in [7, 11) is 3.11. The van der Waals surface area contributed by atoms with Gasteiger partial charge in [0.2, 0.25) is 0 Å². The summed E-state index contributed by atoms with van der Waals surface area (Å²) in [6.07, 6.45) is 1.51. The average Bonchev–Trinajstić information content (AvgIpc) is 2.27. The molecule has 0 aromatic carbocycles. The van der Waals surface area contributed by atoms with Crippen molar-refractivity contribution in [3.63, 3.8) is 0 Å². The monoisotopic (exact) mass is 210 g/mol. The molecule has 5 nitrogen and oxygen atoms in total. The quantitative estimate of drug-likeness (QED) is 0.721. The second-order valence-corrected chi connectivity index (χ2v) is 2.91. The van der Waals surface area contributed by atoms with E-state index in [0.29, 0.717) is 12.2 Å². The number of nitrogens with one attached hydrogen (secondary N) is 1. The minimum Gasteiger partial charge on any atom is -0.378 e. The molecule has 0 unspecified atom stereocenters. The Morgan fingerprint density at radius 1 is 1.40 bits per heavy atom. The summed E-state index contributed by atoms with van der Waals surface area (Å²) in [5, 5.41) is 2.57. The van der Waals surface area contributed by atoms with Crippen molar-refractivity contribution in [2.24, 2.45) is 0 Å². The highest BCUT2D eigenvalue weighted by Gasteiger charge is 2.04. The molecular formula is C10H14N2O3. The maximum Gasteiger partial charge on any atom is 0.254 e. The van der Waals surface area contributed by atoms with Crippen LogP contribution in [0, 0.1) is 0 Å². The maximum atomic E-state index is 11.4. The average molecular weight is 210 g/mol. The largest absolute Gasteiger partial charge is 0.378 e. The summed E-state index contributed by atoms with van der Waals surface area (Å²) in [6, 6.07) is 3.46. The second-order valence-electron chi connectivity index (χ2n) is 2.91. The third-order valence-corrected chi connectivity index (χ3v) is 1.76. The van der Waals surface area contributed by atoms with Gasteiger partial charge in [0.05, 0.1) is 17.9 Å². The van der Waals surface area contributed by atoms with E-state index in [1.165, 1.54) is 13.3 Å². The van der Waals surface area contributed by atoms with Gasteiger partial charge >= 0.3 is 0 Å². The zero-order valence-electron chi connectivity index (χ0n) is 8.82. The van der Waals surface area contributed by atoms with E-state index in [1.54, 1.807) is 19.2 Å². The number of pyridine rings is 1. The van der Waals surface area contributed by atoms with Crippen molar-refractivity contribution >= 4 is 5.91 Å². The van der Waals surface area contributed by atoms with Crippen LogP contribution in [0.4, 0.5) is 0 Å². The fourth-order valence-electron chi connectivity index (χ4n) is 1.03. The molecule has 0 aliphatic rings. The number of carbonyl (C=O) groups excluding carboxylic acids is 1. The molecule has 1 aromatic heterocycles. The summed E-state index contributed by atoms with van der Waals surface area (Å²) in [6.45, 7) is 0.638. The van der Waals surface area contributed by atoms with E-state index in [4.69, 9.17) is 9.47 Å². The zero-order valence-corrected chi connectivity index (χ0v) is 8.82. The molecule has 0 fully saturated rings. The first-order chi connectivity index (χ1) is 7.27. The Morgan fingerprint density at radius 2 is 2.20 bits per heavy atom. The van der Waals surface area contributed by atoms with Crippen LogP contribution in [-0.4, -0.2) is 31.8 Å². The van der Waals surface area contributed by atoms with Crippen LogP contribution in [0.2, 0.25) is 0 Å². The first-order valence-electron chi connectivity index (χ1n) is 4.49. The van der Waals surface area contributed by atoms with Crippen molar-refractivity contribution in [1.29, 1.82) is 0 Å². The Hall–Kier alpha value is -1.46. The molecule has 0 saturated carbocycles. The standard InChI is InChI=1S/C10H14N2O3/c1-14-6-9-4-3-8(5-11-9)10(13)12-7-15-2/h3-5H,6-7H2,1-2H3,(H,12,13). The maximum absolute atomic E-state index is 11.4. The van der Waals surface area contributed by atoms with Crippen molar-refractivity contribution in [3.8, 4) is 0 Å². The normalized spacial score (nSPS) is 10.0. The van der Waals surface area contributed by atoms with Crippen molar-refractivity contribution < 1.29 is 14.3 Å². The van der Waals surface area contributed by atoms with Gasteiger partial charge in [0.1, 0.15) is 6.73 Å². The van der Waals surface area contributed by atoms with E-state index in [-0.39, 0.29) is 12.6 Å². The highest BCUT2D eigenvalue weighted by atomic mass is 16.5. The molecule has 0 aliphatic carbocycles. The third-order valence-electron chi connectivity index (χ3n) is 1.76. The Morgan fingerprint density at radius 3 is 2.73 bits per heavy atom. The summed E-state index contributed by atoms with van der Waals surface area (Å²) in [5.74, 6) is -0.201. The van der Waals surface area contributed by atoms with Crippen LogP contribution in [-0.2, 0) is 16.1 Å². The number of amides is 1. The molecule has 5 heteroatoms. The van der Waals surface area contributed by atoms with Crippen LogP contribution in [0.25, 0.3) is 0 Å². The van der Waals surface area contributed by atoms with Gasteiger partial charge in [-0.15, -0.1) is 0 Å². The van der Waals surface area contributed by atoms with Crippen molar-refractivity contribution in [2.75, 3.05) is 21.0 Å². The smallest absolute Gasteiger partial charge is 0.254 e. The molecule has 82 valence electrons. The minimum absolute atomic E-state index is 0.193. The topological polar surface area (TPSA) is 60.5 Å². The number of rotatable bonds is 5. The second kappa shape index (κ2) is 6.10. The van der Waals surface area contributed by atoms with Gasteiger partial charge in [0.25, 0.3) is 5.91 Å².